The minimum absolute atomic E-state index is 0.468. The molecule has 0 saturated heterocycles. The van der Waals surface area contributed by atoms with Gasteiger partial charge in [-0.25, -0.2) is 14.6 Å². The van der Waals surface area contributed by atoms with E-state index in [4.69, 9.17) is 5.10 Å². The first-order chi connectivity index (χ1) is 13.7. The summed E-state index contributed by atoms with van der Waals surface area (Å²) in [6.45, 7) is 10.2. The first kappa shape index (κ1) is 19.9. The third kappa shape index (κ3) is 3.03. The highest BCUT2D eigenvalue weighted by molar-refractivity contribution is 7.85. The van der Waals surface area contributed by atoms with Gasteiger partial charge in [0.15, 0.2) is 5.82 Å². The number of aryl methyl sites for hydroxylation is 2. The summed E-state index contributed by atoms with van der Waals surface area (Å²) in [5.74, 6) is 1.05. The highest BCUT2D eigenvalue weighted by Gasteiger charge is 2.24. The predicted octanol–water partition coefficient (Wildman–Crippen LogP) is 3.17. The number of aromatic nitrogens is 5. The van der Waals surface area contributed by atoms with Crippen molar-refractivity contribution >= 4 is 38.1 Å². The van der Waals surface area contributed by atoms with E-state index in [1.54, 1.807) is 33.9 Å². The zero-order valence-electron chi connectivity index (χ0n) is 17.3. The van der Waals surface area contributed by atoms with Crippen LogP contribution in [0.1, 0.15) is 29.2 Å². The van der Waals surface area contributed by atoms with Gasteiger partial charge in [0.05, 0.1) is 33.3 Å². The van der Waals surface area contributed by atoms with Crippen molar-refractivity contribution < 1.29 is 8.42 Å². The third-order valence-corrected chi connectivity index (χ3v) is 7.71. The summed E-state index contributed by atoms with van der Waals surface area (Å²) in [6.07, 6.45) is 4.98. The molecule has 0 bridgehead atoms. The van der Waals surface area contributed by atoms with Crippen LogP contribution in [0.15, 0.2) is 28.6 Å². The quantitative estimate of drug-likeness (QED) is 0.466. The second-order valence-electron chi connectivity index (χ2n) is 7.12. The predicted molar refractivity (Wildman–Crippen MR) is 116 cm³/mol. The van der Waals surface area contributed by atoms with Crippen LogP contribution in [-0.2, 0) is 21.6 Å². The molecule has 0 spiro atoms. The molecule has 3 heterocycles. The molecule has 29 heavy (non-hydrogen) atoms. The van der Waals surface area contributed by atoms with E-state index in [1.165, 1.54) is 11.1 Å². The van der Waals surface area contributed by atoms with Gasteiger partial charge < -0.3 is 0 Å². The largest absolute Gasteiger partial charge is 0.288 e. The topological polar surface area (TPSA) is 82.1 Å². The van der Waals surface area contributed by atoms with Crippen molar-refractivity contribution in [2.24, 2.45) is 0 Å². The molecule has 0 N–H and O–H groups in total. The molecule has 2 atom stereocenters. The SMILES string of the molecule is CCS(=O)c1c2c(C)c(C)c(C)c(C)c2nn1-c1cn2cnc(S(C)=O)cc2n1. The van der Waals surface area contributed by atoms with Crippen LogP contribution in [0.2, 0.25) is 0 Å². The Bertz CT molecular complexity index is 1340. The van der Waals surface area contributed by atoms with Gasteiger partial charge in [-0.1, -0.05) is 6.92 Å². The molecule has 9 heteroatoms. The second-order valence-corrected chi connectivity index (χ2v) is 10.1. The van der Waals surface area contributed by atoms with Crippen LogP contribution >= 0.6 is 0 Å². The van der Waals surface area contributed by atoms with Crippen LogP contribution in [0.4, 0.5) is 0 Å². The number of hydrogen-bond donors (Lipinski definition) is 0. The van der Waals surface area contributed by atoms with E-state index < -0.39 is 21.6 Å². The lowest BCUT2D eigenvalue weighted by Gasteiger charge is -2.10. The first-order valence-corrected chi connectivity index (χ1v) is 12.2. The first-order valence-electron chi connectivity index (χ1n) is 9.30. The van der Waals surface area contributed by atoms with Gasteiger partial charge in [-0.2, -0.15) is 5.10 Å². The third-order valence-electron chi connectivity index (χ3n) is 5.56. The number of rotatable bonds is 4. The summed E-state index contributed by atoms with van der Waals surface area (Å²) in [5.41, 5.74) is 6.05. The maximum atomic E-state index is 13.1. The standard InChI is InChI=1S/C20H23N5O2S2/c1-7-29(27)20-18-13(4)11(2)12(3)14(5)19(18)23-25(20)16-9-24-10-21-17(28(6)26)8-15(24)22-16/h8-10H,7H2,1-6H3. The molecular formula is C20H23N5O2S2. The van der Waals surface area contributed by atoms with Crippen LogP contribution in [0.25, 0.3) is 22.4 Å². The van der Waals surface area contributed by atoms with Gasteiger partial charge >= 0.3 is 0 Å². The Morgan fingerprint density at radius 3 is 2.38 bits per heavy atom. The van der Waals surface area contributed by atoms with Crippen molar-refractivity contribution in [3.05, 3.63) is 40.8 Å². The lowest BCUT2D eigenvalue weighted by atomic mass is 9.96. The molecule has 0 aliphatic carbocycles. The van der Waals surface area contributed by atoms with E-state index in [-0.39, 0.29) is 0 Å². The Balaban J connectivity index is 2.07. The molecule has 0 saturated carbocycles. The lowest BCUT2D eigenvalue weighted by Crippen LogP contribution is -2.06. The molecule has 0 amide bonds. The molecule has 0 aliphatic rings. The van der Waals surface area contributed by atoms with Gasteiger partial charge in [0.25, 0.3) is 0 Å². The Hall–Kier alpha value is -2.39. The van der Waals surface area contributed by atoms with E-state index >= 15 is 0 Å². The highest BCUT2D eigenvalue weighted by Crippen LogP contribution is 2.34. The minimum Gasteiger partial charge on any atom is -0.288 e. The van der Waals surface area contributed by atoms with E-state index in [9.17, 15) is 8.42 Å². The number of fused-ring (bicyclic) bond motifs is 2. The molecule has 7 nitrogen and oxygen atoms in total. The maximum Gasteiger partial charge on any atom is 0.173 e. The Kier molecular flexibility index (Phi) is 4.90. The van der Waals surface area contributed by atoms with Crippen LogP contribution in [0, 0.1) is 27.7 Å². The van der Waals surface area contributed by atoms with Crippen LogP contribution < -0.4 is 0 Å². The lowest BCUT2D eigenvalue weighted by molar-refractivity contribution is 0.673. The average Bonchev–Trinajstić information content (AvgIpc) is 3.30. The molecular weight excluding hydrogens is 406 g/mol. The molecule has 0 fully saturated rings. The number of nitrogens with zero attached hydrogens (tertiary/aromatic N) is 5. The van der Waals surface area contributed by atoms with E-state index in [0.29, 0.717) is 27.3 Å². The van der Waals surface area contributed by atoms with Crippen molar-refractivity contribution in [2.75, 3.05) is 12.0 Å². The summed E-state index contributed by atoms with van der Waals surface area (Å²) in [4.78, 5) is 8.87. The Morgan fingerprint density at radius 1 is 1.03 bits per heavy atom. The summed E-state index contributed by atoms with van der Waals surface area (Å²) in [6, 6.07) is 1.70. The van der Waals surface area contributed by atoms with E-state index in [1.807, 2.05) is 6.92 Å². The second kappa shape index (κ2) is 7.14. The van der Waals surface area contributed by atoms with Crippen molar-refractivity contribution in [2.45, 2.75) is 44.7 Å². The van der Waals surface area contributed by atoms with Crippen LogP contribution in [0.5, 0.6) is 0 Å². The van der Waals surface area contributed by atoms with Gasteiger partial charge in [-0.05, 0) is 49.9 Å². The van der Waals surface area contributed by atoms with E-state index in [0.717, 1.165) is 22.0 Å². The van der Waals surface area contributed by atoms with Gasteiger partial charge in [0.1, 0.15) is 22.0 Å². The Labute approximate surface area is 174 Å². The van der Waals surface area contributed by atoms with Crippen molar-refractivity contribution in [1.82, 2.24) is 24.1 Å². The smallest absolute Gasteiger partial charge is 0.173 e. The van der Waals surface area contributed by atoms with Crippen LogP contribution in [0.3, 0.4) is 0 Å². The number of imidazole rings is 1. The van der Waals surface area contributed by atoms with Crippen molar-refractivity contribution in [3.63, 3.8) is 0 Å². The van der Waals surface area contributed by atoms with Gasteiger partial charge in [0.2, 0.25) is 0 Å². The average molecular weight is 430 g/mol. The highest BCUT2D eigenvalue weighted by atomic mass is 32.2. The zero-order chi connectivity index (χ0) is 21.0. The number of hydrogen-bond acceptors (Lipinski definition) is 5. The Morgan fingerprint density at radius 2 is 1.72 bits per heavy atom. The summed E-state index contributed by atoms with van der Waals surface area (Å²) >= 11 is 0. The van der Waals surface area contributed by atoms with Crippen molar-refractivity contribution in [3.8, 4) is 5.82 Å². The van der Waals surface area contributed by atoms with Gasteiger partial charge in [-0.3, -0.25) is 12.8 Å². The fraction of sp³-hybridized carbons (Fsp3) is 0.350. The summed E-state index contributed by atoms with van der Waals surface area (Å²) in [7, 11) is -2.42. The molecule has 1 aromatic carbocycles. The monoisotopic (exact) mass is 429 g/mol. The van der Waals surface area contributed by atoms with Gasteiger partial charge in [-0.15, -0.1) is 0 Å². The van der Waals surface area contributed by atoms with Gasteiger partial charge in [0, 0.05) is 23.5 Å². The van der Waals surface area contributed by atoms with Crippen molar-refractivity contribution in [1.29, 1.82) is 0 Å². The van der Waals surface area contributed by atoms with E-state index in [2.05, 4.69) is 37.7 Å². The maximum absolute atomic E-state index is 13.1. The summed E-state index contributed by atoms with van der Waals surface area (Å²) in [5, 5.41) is 6.91. The fourth-order valence-electron chi connectivity index (χ4n) is 3.55. The molecule has 4 aromatic rings. The van der Waals surface area contributed by atoms with Crippen LogP contribution in [-0.4, -0.2) is 44.6 Å². The molecule has 0 aliphatic heterocycles. The zero-order valence-corrected chi connectivity index (χ0v) is 18.9. The minimum atomic E-state index is -1.23. The fourth-order valence-corrected chi connectivity index (χ4v) is 5.10. The molecule has 2 unspecified atom stereocenters. The molecule has 3 aromatic heterocycles. The molecule has 152 valence electrons. The summed E-state index contributed by atoms with van der Waals surface area (Å²) < 4.78 is 28.3. The molecule has 0 radical (unpaired) electrons. The number of benzene rings is 1. The normalized spacial score (nSPS) is 14.0. The molecule has 4 rings (SSSR count).